The second kappa shape index (κ2) is 6.39. The van der Waals surface area contributed by atoms with Gasteiger partial charge in [-0.1, -0.05) is 60.5 Å². The Labute approximate surface area is 136 Å². The van der Waals surface area contributed by atoms with Gasteiger partial charge in [-0.15, -0.1) is 0 Å². The Kier molecular flexibility index (Phi) is 4.54. The molecule has 1 N–H and O–H groups in total. The minimum atomic E-state index is 0.408. The molecule has 0 saturated carbocycles. The number of benzene rings is 2. The molecule has 0 unspecified atom stereocenters. The van der Waals surface area contributed by atoms with Gasteiger partial charge in [-0.2, -0.15) is 0 Å². The number of fused-ring (bicyclic) bond motifs is 1. The maximum Gasteiger partial charge on any atom is 0.0595 e. The van der Waals surface area contributed by atoms with E-state index in [1.807, 2.05) is 12.1 Å². The zero-order chi connectivity index (χ0) is 14.8. The fourth-order valence-corrected chi connectivity index (χ4v) is 3.63. The summed E-state index contributed by atoms with van der Waals surface area (Å²) in [5.74, 6) is 0.408. The highest BCUT2D eigenvalue weighted by molar-refractivity contribution is 6.42. The van der Waals surface area contributed by atoms with E-state index >= 15 is 0 Å². The molecule has 110 valence electrons. The second-order valence-corrected chi connectivity index (χ2v) is 6.36. The van der Waals surface area contributed by atoms with Crippen LogP contribution in [0, 0.1) is 0 Å². The maximum absolute atomic E-state index is 6.19. The SMILES string of the molecule is CCN[C@@H]1CC[C@H](c2ccc(Cl)c(Cl)c2)c2ccccc21. The molecule has 0 bridgehead atoms. The van der Waals surface area contributed by atoms with E-state index in [4.69, 9.17) is 23.2 Å². The molecule has 3 rings (SSSR count). The average molecular weight is 320 g/mol. The Morgan fingerprint density at radius 1 is 1.00 bits per heavy atom. The molecule has 2 aromatic rings. The number of hydrogen-bond donors (Lipinski definition) is 1. The van der Waals surface area contributed by atoms with Gasteiger partial charge in [-0.05, 0) is 48.2 Å². The van der Waals surface area contributed by atoms with Gasteiger partial charge in [0.15, 0.2) is 0 Å². The first-order chi connectivity index (χ1) is 10.2. The van der Waals surface area contributed by atoms with Crippen LogP contribution in [-0.4, -0.2) is 6.54 Å². The van der Waals surface area contributed by atoms with E-state index in [-0.39, 0.29) is 0 Å². The van der Waals surface area contributed by atoms with Crippen molar-refractivity contribution < 1.29 is 0 Å². The van der Waals surface area contributed by atoms with Gasteiger partial charge in [0.05, 0.1) is 10.0 Å². The number of rotatable bonds is 3. The van der Waals surface area contributed by atoms with E-state index in [0.717, 1.165) is 19.4 Å². The smallest absolute Gasteiger partial charge is 0.0595 e. The standard InChI is InChI=1S/C18H19Cl2N/c1-2-21-18-10-8-13(14-5-3-4-6-15(14)18)12-7-9-16(19)17(20)11-12/h3-7,9,11,13,18,21H,2,8,10H2,1H3/t13-,18-/m1/s1. The Balaban J connectivity index is 2.00. The molecular formula is C18H19Cl2N. The van der Waals surface area contributed by atoms with Crippen LogP contribution < -0.4 is 5.32 Å². The molecule has 0 radical (unpaired) electrons. The normalized spacial score (nSPS) is 21.1. The summed E-state index contributed by atoms with van der Waals surface area (Å²) in [6, 6.07) is 15.2. The van der Waals surface area contributed by atoms with Crippen LogP contribution in [0.3, 0.4) is 0 Å². The highest BCUT2D eigenvalue weighted by Crippen LogP contribution is 2.42. The van der Waals surface area contributed by atoms with Crippen molar-refractivity contribution in [2.24, 2.45) is 0 Å². The third-order valence-electron chi connectivity index (χ3n) is 4.29. The number of nitrogens with one attached hydrogen (secondary N) is 1. The Hall–Kier alpha value is -1.02. The van der Waals surface area contributed by atoms with E-state index in [2.05, 4.69) is 42.6 Å². The Bertz CT molecular complexity index is 639. The van der Waals surface area contributed by atoms with Gasteiger partial charge in [0, 0.05) is 12.0 Å². The minimum absolute atomic E-state index is 0.408. The van der Waals surface area contributed by atoms with Gasteiger partial charge < -0.3 is 5.32 Å². The predicted octanol–water partition coefficient (Wildman–Crippen LogP) is 5.57. The van der Waals surface area contributed by atoms with E-state index < -0.39 is 0 Å². The summed E-state index contributed by atoms with van der Waals surface area (Å²) in [6.07, 6.45) is 2.28. The first-order valence-electron chi connectivity index (χ1n) is 7.48. The first-order valence-corrected chi connectivity index (χ1v) is 8.23. The van der Waals surface area contributed by atoms with Gasteiger partial charge in [0.2, 0.25) is 0 Å². The first kappa shape index (κ1) is 14.9. The van der Waals surface area contributed by atoms with Crippen molar-refractivity contribution in [1.82, 2.24) is 5.32 Å². The molecule has 2 aromatic carbocycles. The highest BCUT2D eigenvalue weighted by atomic mass is 35.5. The van der Waals surface area contributed by atoms with Crippen molar-refractivity contribution in [3.8, 4) is 0 Å². The van der Waals surface area contributed by atoms with Crippen LogP contribution in [0.25, 0.3) is 0 Å². The quantitative estimate of drug-likeness (QED) is 0.779. The molecule has 0 aromatic heterocycles. The molecule has 0 fully saturated rings. The molecule has 0 amide bonds. The van der Waals surface area contributed by atoms with Gasteiger partial charge in [-0.3, -0.25) is 0 Å². The van der Waals surface area contributed by atoms with E-state index in [1.165, 1.54) is 16.7 Å². The molecule has 1 aliphatic rings. The van der Waals surface area contributed by atoms with Crippen LogP contribution in [0.4, 0.5) is 0 Å². The summed E-state index contributed by atoms with van der Waals surface area (Å²) in [7, 11) is 0. The van der Waals surface area contributed by atoms with Crippen LogP contribution in [0.2, 0.25) is 10.0 Å². The summed E-state index contributed by atoms with van der Waals surface area (Å²) >= 11 is 12.2. The summed E-state index contributed by atoms with van der Waals surface area (Å²) in [5, 5.41) is 4.85. The van der Waals surface area contributed by atoms with Crippen molar-refractivity contribution >= 4 is 23.2 Å². The molecule has 0 saturated heterocycles. The third-order valence-corrected chi connectivity index (χ3v) is 5.03. The van der Waals surface area contributed by atoms with Crippen molar-refractivity contribution in [1.29, 1.82) is 0 Å². The number of halogens is 2. The molecule has 0 spiro atoms. The molecule has 3 heteroatoms. The van der Waals surface area contributed by atoms with E-state index in [0.29, 0.717) is 22.0 Å². The molecular weight excluding hydrogens is 301 g/mol. The van der Waals surface area contributed by atoms with Gasteiger partial charge in [-0.25, -0.2) is 0 Å². The molecule has 1 aliphatic carbocycles. The minimum Gasteiger partial charge on any atom is -0.310 e. The average Bonchev–Trinajstić information content (AvgIpc) is 2.51. The third kappa shape index (κ3) is 2.96. The fourth-order valence-electron chi connectivity index (χ4n) is 3.32. The highest BCUT2D eigenvalue weighted by Gasteiger charge is 2.27. The largest absolute Gasteiger partial charge is 0.310 e. The monoisotopic (exact) mass is 319 g/mol. The van der Waals surface area contributed by atoms with Crippen LogP contribution >= 0.6 is 23.2 Å². The lowest BCUT2D eigenvalue weighted by molar-refractivity contribution is 0.450. The zero-order valence-corrected chi connectivity index (χ0v) is 13.6. The fraction of sp³-hybridized carbons (Fsp3) is 0.333. The van der Waals surface area contributed by atoms with Crippen LogP contribution in [0.1, 0.15) is 48.4 Å². The van der Waals surface area contributed by atoms with E-state index in [1.54, 1.807) is 0 Å². The van der Waals surface area contributed by atoms with Crippen LogP contribution in [0.15, 0.2) is 42.5 Å². The molecule has 21 heavy (non-hydrogen) atoms. The zero-order valence-electron chi connectivity index (χ0n) is 12.1. The lowest BCUT2D eigenvalue weighted by atomic mass is 9.77. The lowest BCUT2D eigenvalue weighted by Crippen LogP contribution is -2.26. The summed E-state index contributed by atoms with van der Waals surface area (Å²) in [5.41, 5.74) is 4.08. The summed E-state index contributed by atoms with van der Waals surface area (Å²) in [6.45, 7) is 3.16. The molecule has 1 nitrogen and oxygen atoms in total. The molecule has 0 heterocycles. The predicted molar refractivity (Wildman–Crippen MR) is 90.4 cm³/mol. The summed E-state index contributed by atoms with van der Waals surface area (Å²) < 4.78 is 0. The lowest BCUT2D eigenvalue weighted by Gasteiger charge is -2.32. The number of hydrogen-bond acceptors (Lipinski definition) is 1. The molecule has 2 atom stereocenters. The van der Waals surface area contributed by atoms with Gasteiger partial charge in [0.1, 0.15) is 0 Å². The van der Waals surface area contributed by atoms with Gasteiger partial charge in [0.25, 0.3) is 0 Å². The topological polar surface area (TPSA) is 12.0 Å². The molecule has 0 aliphatic heterocycles. The van der Waals surface area contributed by atoms with Crippen molar-refractivity contribution in [2.45, 2.75) is 31.7 Å². The van der Waals surface area contributed by atoms with Crippen molar-refractivity contribution in [3.63, 3.8) is 0 Å². The van der Waals surface area contributed by atoms with Gasteiger partial charge >= 0.3 is 0 Å². The Morgan fingerprint density at radius 3 is 2.48 bits per heavy atom. The second-order valence-electron chi connectivity index (χ2n) is 5.54. The summed E-state index contributed by atoms with van der Waals surface area (Å²) in [4.78, 5) is 0. The van der Waals surface area contributed by atoms with Crippen molar-refractivity contribution in [2.75, 3.05) is 6.54 Å². The van der Waals surface area contributed by atoms with E-state index in [9.17, 15) is 0 Å². The Morgan fingerprint density at radius 2 is 1.76 bits per heavy atom. The van der Waals surface area contributed by atoms with Crippen LogP contribution in [0.5, 0.6) is 0 Å². The maximum atomic E-state index is 6.19. The van der Waals surface area contributed by atoms with Crippen molar-refractivity contribution in [3.05, 3.63) is 69.2 Å². The van der Waals surface area contributed by atoms with Crippen LogP contribution in [-0.2, 0) is 0 Å².